The lowest BCUT2D eigenvalue weighted by Crippen LogP contribution is -2.40. The van der Waals surface area contributed by atoms with Gasteiger partial charge in [0, 0.05) is 19.3 Å². The molecular formula is C10H18N2O. The molecule has 0 radical (unpaired) electrons. The van der Waals surface area contributed by atoms with Crippen LogP contribution >= 0.6 is 0 Å². The highest BCUT2D eigenvalue weighted by Gasteiger charge is 2.21. The Hall–Kier alpha value is -0.590. The molecule has 0 aromatic rings. The maximum Gasteiger partial charge on any atom is 0.0926 e. The van der Waals surface area contributed by atoms with E-state index in [-0.39, 0.29) is 6.04 Å². The fourth-order valence-electron chi connectivity index (χ4n) is 1.78. The Labute approximate surface area is 80.1 Å². The molecule has 74 valence electrons. The van der Waals surface area contributed by atoms with Crippen molar-refractivity contribution in [3.8, 4) is 6.07 Å². The van der Waals surface area contributed by atoms with E-state index in [9.17, 15) is 0 Å². The van der Waals surface area contributed by atoms with E-state index in [0.29, 0.717) is 12.0 Å². The lowest BCUT2D eigenvalue weighted by Gasteiger charge is -2.29. The van der Waals surface area contributed by atoms with Crippen LogP contribution in [0.15, 0.2) is 0 Å². The predicted molar refractivity (Wildman–Crippen MR) is 51.2 cm³/mol. The van der Waals surface area contributed by atoms with Crippen LogP contribution in [0.5, 0.6) is 0 Å². The summed E-state index contributed by atoms with van der Waals surface area (Å²) in [5.41, 5.74) is 0. The molecule has 1 fully saturated rings. The molecule has 1 N–H and O–H groups in total. The SMILES string of the molecule is CC(C#N)NC(C)C1CCOCC1. The first-order valence-corrected chi connectivity index (χ1v) is 4.97. The number of nitrogens with one attached hydrogen (secondary N) is 1. The van der Waals surface area contributed by atoms with Crippen LogP contribution < -0.4 is 5.32 Å². The van der Waals surface area contributed by atoms with Gasteiger partial charge in [0.2, 0.25) is 0 Å². The van der Waals surface area contributed by atoms with Crippen LogP contribution in [0.4, 0.5) is 0 Å². The number of nitrogens with zero attached hydrogens (tertiary/aromatic N) is 1. The van der Waals surface area contributed by atoms with Gasteiger partial charge in [-0.2, -0.15) is 5.26 Å². The van der Waals surface area contributed by atoms with Crippen molar-refractivity contribution in [1.82, 2.24) is 5.32 Å². The van der Waals surface area contributed by atoms with Crippen molar-refractivity contribution in [2.45, 2.75) is 38.8 Å². The molecule has 1 heterocycles. The van der Waals surface area contributed by atoms with Crippen molar-refractivity contribution >= 4 is 0 Å². The monoisotopic (exact) mass is 182 g/mol. The molecule has 0 bridgehead atoms. The Morgan fingerprint density at radius 3 is 2.54 bits per heavy atom. The fourth-order valence-corrected chi connectivity index (χ4v) is 1.78. The standard InChI is InChI=1S/C10H18N2O/c1-8(7-11)12-9(2)10-3-5-13-6-4-10/h8-10,12H,3-6H2,1-2H3. The summed E-state index contributed by atoms with van der Waals surface area (Å²) in [6.45, 7) is 5.80. The zero-order chi connectivity index (χ0) is 9.68. The van der Waals surface area contributed by atoms with Crippen molar-refractivity contribution in [3.05, 3.63) is 0 Å². The molecule has 13 heavy (non-hydrogen) atoms. The minimum atomic E-state index is -0.0437. The Morgan fingerprint density at radius 1 is 1.38 bits per heavy atom. The molecule has 0 spiro atoms. The Kier molecular flexibility index (Phi) is 4.20. The van der Waals surface area contributed by atoms with Crippen LogP contribution in [0.25, 0.3) is 0 Å². The van der Waals surface area contributed by atoms with E-state index < -0.39 is 0 Å². The van der Waals surface area contributed by atoms with Gasteiger partial charge in [0.15, 0.2) is 0 Å². The van der Waals surface area contributed by atoms with Crippen LogP contribution in [0, 0.1) is 17.2 Å². The Morgan fingerprint density at radius 2 is 2.00 bits per heavy atom. The van der Waals surface area contributed by atoms with E-state index in [0.717, 1.165) is 26.1 Å². The number of hydrogen-bond acceptors (Lipinski definition) is 3. The first kappa shape index (κ1) is 10.5. The van der Waals surface area contributed by atoms with Crippen LogP contribution in [0.1, 0.15) is 26.7 Å². The molecule has 2 unspecified atom stereocenters. The quantitative estimate of drug-likeness (QED) is 0.715. The minimum Gasteiger partial charge on any atom is -0.381 e. The van der Waals surface area contributed by atoms with Gasteiger partial charge in [-0.3, -0.25) is 5.32 Å². The van der Waals surface area contributed by atoms with Crippen molar-refractivity contribution < 1.29 is 4.74 Å². The molecule has 1 aliphatic heterocycles. The highest BCUT2D eigenvalue weighted by molar-refractivity contribution is 4.89. The maximum atomic E-state index is 8.64. The van der Waals surface area contributed by atoms with Gasteiger partial charge in [-0.05, 0) is 32.6 Å². The zero-order valence-corrected chi connectivity index (χ0v) is 8.42. The van der Waals surface area contributed by atoms with Crippen molar-refractivity contribution in [1.29, 1.82) is 5.26 Å². The smallest absolute Gasteiger partial charge is 0.0926 e. The van der Waals surface area contributed by atoms with E-state index in [2.05, 4.69) is 18.3 Å². The van der Waals surface area contributed by atoms with E-state index in [1.54, 1.807) is 0 Å². The average Bonchev–Trinajstić information content (AvgIpc) is 2.19. The second-order valence-corrected chi connectivity index (χ2v) is 3.76. The van der Waals surface area contributed by atoms with Gasteiger partial charge in [0.05, 0.1) is 12.1 Å². The normalized spacial score (nSPS) is 23.5. The fraction of sp³-hybridized carbons (Fsp3) is 0.900. The van der Waals surface area contributed by atoms with Crippen LogP contribution in [0.2, 0.25) is 0 Å². The number of ether oxygens (including phenoxy) is 1. The highest BCUT2D eigenvalue weighted by atomic mass is 16.5. The molecule has 1 saturated heterocycles. The number of nitriles is 1. The third kappa shape index (κ3) is 3.33. The van der Waals surface area contributed by atoms with Crippen molar-refractivity contribution in [2.24, 2.45) is 5.92 Å². The summed E-state index contributed by atoms with van der Waals surface area (Å²) in [6.07, 6.45) is 2.23. The molecule has 0 saturated carbocycles. The molecule has 0 amide bonds. The average molecular weight is 182 g/mol. The van der Waals surface area contributed by atoms with Gasteiger partial charge < -0.3 is 4.74 Å². The van der Waals surface area contributed by atoms with E-state index >= 15 is 0 Å². The van der Waals surface area contributed by atoms with Gasteiger partial charge in [0.25, 0.3) is 0 Å². The Balaban J connectivity index is 2.29. The van der Waals surface area contributed by atoms with Gasteiger partial charge in [-0.1, -0.05) is 0 Å². The van der Waals surface area contributed by atoms with Gasteiger partial charge in [0.1, 0.15) is 0 Å². The summed E-state index contributed by atoms with van der Waals surface area (Å²) < 4.78 is 5.29. The topological polar surface area (TPSA) is 45.0 Å². The second kappa shape index (κ2) is 5.21. The van der Waals surface area contributed by atoms with Crippen LogP contribution in [-0.2, 0) is 4.74 Å². The highest BCUT2D eigenvalue weighted by Crippen LogP contribution is 2.18. The summed E-state index contributed by atoms with van der Waals surface area (Å²) in [4.78, 5) is 0. The lowest BCUT2D eigenvalue weighted by atomic mass is 9.92. The molecule has 0 aromatic heterocycles. The van der Waals surface area contributed by atoms with E-state index in [1.165, 1.54) is 0 Å². The van der Waals surface area contributed by atoms with Crippen molar-refractivity contribution in [3.63, 3.8) is 0 Å². The minimum absolute atomic E-state index is 0.0437. The second-order valence-electron chi connectivity index (χ2n) is 3.76. The summed E-state index contributed by atoms with van der Waals surface area (Å²) in [5, 5.41) is 11.9. The maximum absolute atomic E-state index is 8.64. The summed E-state index contributed by atoms with van der Waals surface area (Å²) in [5.74, 6) is 0.671. The lowest BCUT2D eigenvalue weighted by molar-refractivity contribution is 0.0554. The van der Waals surface area contributed by atoms with Crippen LogP contribution in [0.3, 0.4) is 0 Å². The molecule has 3 nitrogen and oxygen atoms in total. The van der Waals surface area contributed by atoms with Crippen molar-refractivity contribution in [2.75, 3.05) is 13.2 Å². The van der Waals surface area contributed by atoms with E-state index in [1.807, 2.05) is 6.92 Å². The number of rotatable bonds is 3. The van der Waals surface area contributed by atoms with Gasteiger partial charge in [-0.15, -0.1) is 0 Å². The summed E-state index contributed by atoms with van der Waals surface area (Å²) in [6, 6.07) is 2.58. The molecule has 3 heteroatoms. The first-order chi connectivity index (χ1) is 6.24. The number of hydrogen-bond donors (Lipinski definition) is 1. The largest absolute Gasteiger partial charge is 0.381 e. The molecule has 1 rings (SSSR count). The molecule has 0 aliphatic carbocycles. The molecule has 2 atom stereocenters. The molecule has 1 aliphatic rings. The van der Waals surface area contributed by atoms with Gasteiger partial charge in [-0.25, -0.2) is 0 Å². The van der Waals surface area contributed by atoms with Crippen LogP contribution in [-0.4, -0.2) is 25.3 Å². The van der Waals surface area contributed by atoms with E-state index in [4.69, 9.17) is 10.00 Å². The summed E-state index contributed by atoms with van der Waals surface area (Å²) in [7, 11) is 0. The Bertz CT molecular complexity index is 182. The molecular weight excluding hydrogens is 164 g/mol. The summed E-state index contributed by atoms with van der Waals surface area (Å²) >= 11 is 0. The molecule has 0 aromatic carbocycles. The first-order valence-electron chi connectivity index (χ1n) is 4.97. The third-order valence-electron chi connectivity index (χ3n) is 2.68. The van der Waals surface area contributed by atoms with Gasteiger partial charge >= 0.3 is 0 Å². The predicted octanol–water partition coefficient (Wildman–Crippen LogP) is 1.30. The third-order valence-corrected chi connectivity index (χ3v) is 2.68. The zero-order valence-electron chi connectivity index (χ0n) is 8.42.